The molecule has 1 heterocycles. The van der Waals surface area contributed by atoms with Gasteiger partial charge in [0, 0.05) is 14.1 Å². The fourth-order valence-corrected chi connectivity index (χ4v) is 1.19. The van der Waals surface area contributed by atoms with E-state index in [1.54, 1.807) is 26.2 Å². The van der Waals surface area contributed by atoms with Gasteiger partial charge in [0.2, 0.25) is 0 Å². The number of hydrogen-bond acceptors (Lipinski definition) is 4. The van der Waals surface area contributed by atoms with Crippen molar-refractivity contribution in [1.82, 2.24) is 15.1 Å². The summed E-state index contributed by atoms with van der Waals surface area (Å²) in [5.41, 5.74) is 0.314. The number of carbonyl (C=O) groups is 1. The highest BCUT2D eigenvalue weighted by molar-refractivity contribution is 5.91. The number of nitrogens with one attached hydrogen (secondary N) is 1. The molecule has 1 N–H and O–H groups in total. The Balaban J connectivity index is 2.75. The van der Waals surface area contributed by atoms with Crippen LogP contribution in [-0.4, -0.2) is 41.1 Å². The summed E-state index contributed by atoms with van der Waals surface area (Å²) in [6.07, 6.45) is 6.13. The van der Waals surface area contributed by atoms with Gasteiger partial charge in [-0.1, -0.05) is 12.8 Å². The van der Waals surface area contributed by atoms with E-state index in [2.05, 4.69) is 21.4 Å². The Bertz CT molecular complexity index is 419. The van der Waals surface area contributed by atoms with E-state index in [4.69, 9.17) is 6.42 Å². The summed E-state index contributed by atoms with van der Waals surface area (Å²) in [6.45, 7) is 1.98. The van der Waals surface area contributed by atoms with Gasteiger partial charge in [0.05, 0.1) is 6.04 Å². The lowest BCUT2D eigenvalue weighted by molar-refractivity contribution is 0.0821. The van der Waals surface area contributed by atoms with E-state index in [9.17, 15) is 4.79 Å². The Morgan fingerprint density at radius 1 is 1.53 bits per heavy atom. The average molecular weight is 232 g/mol. The minimum atomic E-state index is -0.173. The molecule has 0 saturated carbocycles. The van der Waals surface area contributed by atoms with Crippen molar-refractivity contribution in [3.8, 4) is 12.3 Å². The first-order valence-electron chi connectivity index (χ1n) is 5.36. The van der Waals surface area contributed by atoms with Crippen molar-refractivity contribution in [3.63, 3.8) is 0 Å². The van der Waals surface area contributed by atoms with Gasteiger partial charge in [0.1, 0.15) is 5.82 Å². The van der Waals surface area contributed by atoms with Gasteiger partial charge < -0.3 is 10.2 Å². The van der Waals surface area contributed by atoms with Crippen LogP contribution < -0.4 is 5.32 Å². The molecule has 1 amide bonds. The number of rotatable bonds is 4. The number of hydrogen-bond donors (Lipinski definition) is 1. The molecule has 0 spiro atoms. The van der Waals surface area contributed by atoms with Crippen LogP contribution in [0.3, 0.4) is 0 Å². The Morgan fingerprint density at radius 3 is 2.65 bits per heavy atom. The molecule has 1 aromatic heterocycles. The van der Waals surface area contributed by atoms with E-state index < -0.39 is 0 Å². The van der Waals surface area contributed by atoms with Crippen molar-refractivity contribution >= 4 is 11.7 Å². The smallest absolute Gasteiger partial charge is 0.273 e. The van der Waals surface area contributed by atoms with Gasteiger partial charge >= 0.3 is 0 Å². The van der Waals surface area contributed by atoms with Gasteiger partial charge in [0.25, 0.3) is 5.91 Å². The number of aromatic nitrogens is 2. The van der Waals surface area contributed by atoms with E-state index >= 15 is 0 Å². The quantitative estimate of drug-likeness (QED) is 0.787. The monoisotopic (exact) mass is 232 g/mol. The van der Waals surface area contributed by atoms with Crippen LogP contribution >= 0.6 is 0 Å². The Labute approximate surface area is 101 Å². The van der Waals surface area contributed by atoms with Crippen molar-refractivity contribution in [2.24, 2.45) is 0 Å². The molecular formula is C12H16N4O. The zero-order valence-electron chi connectivity index (χ0n) is 10.3. The summed E-state index contributed by atoms with van der Waals surface area (Å²) in [5, 5.41) is 10.8. The van der Waals surface area contributed by atoms with Crippen LogP contribution in [0.15, 0.2) is 12.1 Å². The first-order chi connectivity index (χ1) is 8.08. The minimum absolute atomic E-state index is 0.0697. The molecule has 0 aliphatic carbocycles. The fourth-order valence-electron chi connectivity index (χ4n) is 1.19. The van der Waals surface area contributed by atoms with E-state index in [1.807, 2.05) is 6.92 Å². The Kier molecular flexibility index (Phi) is 4.46. The first kappa shape index (κ1) is 13.0. The normalized spacial score (nSPS) is 11.4. The second kappa shape index (κ2) is 5.85. The molecule has 1 unspecified atom stereocenters. The number of nitrogens with zero attached hydrogens (tertiary/aromatic N) is 3. The van der Waals surface area contributed by atoms with Gasteiger partial charge in [0.15, 0.2) is 5.69 Å². The standard InChI is InChI=1S/C12H16N4O/c1-5-9(6-2)13-11-8-7-10(14-15-11)12(17)16(3)4/h1,7-9H,6H2,2-4H3,(H,13,15). The van der Waals surface area contributed by atoms with Crippen molar-refractivity contribution in [2.45, 2.75) is 19.4 Å². The molecule has 0 saturated heterocycles. The summed E-state index contributed by atoms with van der Waals surface area (Å²) in [5.74, 6) is 3.00. The number of terminal acetylenes is 1. The highest BCUT2D eigenvalue weighted by Gasteiger charge is 2.10. The third-order valence-electron chi connectivity index (χ3n) is 2.22. The van der Waals surface area contributed by atoms with Crippen LogP contribution in [0.4, 0.5) is 5.82 Å². The summed E-state index contributed by atoms with van der Waals surface area (Å²) in [6, 6.07) is 3.25. The van der Waals surface area contributed by atoms with Gasteiger partial charge in [-0.25, -0.2) is 0 Å². The lowest BCUT2D eigenvalue weighted by Crippen LogP contribution is -2.23. The predicted molar refractivity (Wildman–Crippen MR) is 66.6 cm³/mol. The molecule has 0 fully saturated rings. The van der Waals surface area contributed by atoms with Crippen LogP contribution in [0.25, 0.3) is 0 Å². The van der Waals surface area contributed by atoms with Crippen molar-refractivity contribution in [3.05, 3.63) is 17.8 Å². The van der Waals surface area contributed by atoms with E-state index in [-0.39, 0.29) is 11.9 Å². The van der Waals surface area contributed by atoms with Gasteiger partial charge in [-0.05, 0) is 18.6 Å². The number of amides is 1. The van der Waals surface area contributed by atoms with E-state index in [1.165, 1.54) is 4.90 Å². The molecule has 0 aliphatic rings. The molecule has 1 atom stereocenters. The Morgan fingerprint density at radius 2 is 2.24 bits per heavy atom. The summed E-state index contributed by atoms with van der Waals surface area (Å²) < 4.78 is 0. The maximum atomic E-state index is 11.6. The van der Waals surface area contributed by atoms with E-state index in [0.29, 0.717) is 11.5 Å². The maximum Gasteiger partial charge on any atom is 0.273 e. The molecule has 0 aliphatic heterocycles. The molecule has 0 bridgehead atoms. The van der Waals surface area contributed by atoms with Crippen LogP contribution in [0.1, 0.15) is 23.8 Å². The van der Waals surface area contributed by atoms with Gasteiger partial charge in [-0.15, -0.1) is 16.6 Å². The topological polar surface area (TPSA) is 58.1 Å². The summed E-state index contributed by atoms with van der Waals surface area (Å²) in [4.78, 5) is 13.0. The molecule has 90 valence electrons. The number of anilines is 1. The van der Waals surface area contributed by atoms with Gasteiger partial charge in [-0.2, -0.15) is 0 Å². The van der Waals surface area contributed by atoms with Crippen LogP contribution in [0.2, 0.25) is 0 Å². The zero-order valence-corrected chi connectivity index (χ0v) is 10.3. The first-order valence-corrected chi connectivity index (χ1v) is 5.36. The largest absolute Gasteiger partial charge is 0.355 e. The maximum absolute atomic E-state index is 11.6. The summed E-state index contributed by atoms with van der Waals surface area (Å²) >= 11 is 0. The summed E-state index contributed by atoms with van der Waals surface area (Å²) in [7, 11) is 3.34. The number of carbonyl (C=O) groups excluding carboxylic acids is 1. The average Bonchev–Trinajstić information content (AvgIpc) is 2.35. The van der Waals surface area contributed by atoms with Crippen LogP contribution in [0, 0.1) is 12.3 Å². The van der Waals surface area contributed by atoms with Crippen molar-refractivity contribution in [2.75, 3.05) is 19.4 Å². The van der Waals surface area contributed by atoms with Crippen LogP contribution in [0.5, 0.6) is 0 Å². The van der Waals surface area contributed by atoms with Crippen LogP contribution in [-0.2, 0) is 0 Å². The molecule has 0 aromatic carbocycles. The third kappa shape index (κ3) is 3.45. The molecule has 5 nitrogen and oxygen atoms in total. The molecule has 17 heavy (non-hydrogen) atoms. The second-order valence-corrected chi connectivity index (χ2v) is 3.78. The molecule has 0 radical (unpaired) electrons. The lowest BCUT2D eigenvalue weighted by atomic mass is 10.2. The van der Waals surface area contributed by atoms with E-state index in [0.717, 1.165) is 6.42 Å². The lowest BCUT2D eigenvalue weighted by Gasteiger charge is -2.12. The fraction of sp³-hybridized carbons (Fsp3) is 0.417. The Hall–Kier alpha value is -2.09. The highest BCUT2D eigenvalue weighted by atomic mass is 16.2. The zero-order chi connectivity index (χ0) is 12.8. The van der Waals surface area contributed by atoms with Crippen molar-refractivity contribution < 1.29 is 4.79 Å². The SMILES string of the molecule is C#CC(CC)Nc1ccc(C(=O)N(C)C)nn1. The predicted octanol–water partition coefficient (Wildman–Crippen LogP) is 1.00. The molecule has 5 heteroatoms. The molecule has 1 rings (SSSR count). The molecule has 1 aromatic rings. The van der Waals surface area contributed by atoms with Crippen molar-refractivity contribution in [1.29, 1.82) is 0 Å². The highest BCUT2D eigenvalue weighted by Crippen LogP contribution is 2.06. The second-order valence-electron chi connectivity index (χ2n) is 3.78. The third-order valence-corrected chi connectivity index (χ3v) is 2.22. The minimum Gasteiger partial charge on any atom is -0.355 e. The molecular weight excluding hydrogens is 216 g/mol. The van der Waals surface area contributed by atoms with Gasteiger partial charge in [-0.3, -0.25) is 4.79 Å².